The van der Waals surface area contributed by atoms with E-state index in [1.54, 1.807) is 21.8 Å². The second-order valence-electron chi connectivity index (χ2n) is 6.49. The van der Waals surface area contributed by atoms with Crippen LogP contribution in [0.15, 0.2) is 42.9 Å². The number of aromatic nitrogens is 4. The van der Waals surface area contributed by atoms with Crippen LogP contribution in [-0.2, 0) is 11.3 Å². The molecule has 26 heavy (non-hydrogen) atoms. The van der Waals surface area contributed by atoms with Crippen molar-refractivity contribution in [1.29, 1.82) is 0 Å². The Hall–Kier alpha value is -3.16. The molecule has 1 saturated heterocycles. The van der Waals surface area contributed by atoms with Gasteiger partial charge in [0.2, 0.25) is 5.91 Å². The highest BCUT2D eigenvalue weighted by atomic mass is 16.4. The van der Waals surface area contributed by atoms with Gasteiger partial charge in [-0.15, -0.1) is 0 Å². The van der Waals surface area contributed by atoms with Gasteiger partial charge in [0.15, 0.2) is 0 Å². The monoisotopic (exact) mass is 353 g/mol. The molecule has 2 aromatic heterocycles. The van der Waals surface area contributed by atoms with E-state index in [0.29, 0.717) is 13.1 Å². The van der Waals surface area contributed by atoms with Gasteiger partial charge in [0, 0.05) is 24.7 Å². The molecule has 1 aliphatic heterocycles. The number of hydrogen-bond acceptors (Lipinski definition) is 4. The highest BCUT2D eigenvalue weighted by Crippen LogP contribution is 2.23. The van der Waals surface area contributed by atoms with Crippen molar-refractivity contribution in [1.82, 2.24) is 24.5 Å². The maximum atomic E-state index is 12.6. The lowest BCUT2D eigenvalue weighted by Gasteiger charge is -2.32. The zero-order chi connectivity index (χ0) is 18.1. The van der Waals surface area contributed by atoms with E-state index in [2.05, 4.69) is 10.2 Å². The number of para-hydroxylation sites is 1. The number of fused-ring (bicyclic) bond motifs is 1. The van der Waals surface area contributed by atoms with Crippen molar-refractivity contribution in [3.05, 3.63) is 48.4 Å². The maximum absolute atomic E-state index is 12.6. The first kappa shape index (κ1) is 16.3. The van der Waals surface area contributed by atoms with Crippen LogP contribution in [0.4, 0.5) is 0 Å². The van der Waals surface area contributed by atoms with Crippen LogP contribution in [0, 0.1) is 0 Å². The summed E-state index contributed by atoms with van der Waals surface area (Å²) in [7, 11) is 0. The molecule has 8 nitrogen and oxygen atoms in total. The Morgan fingerprint density at radius 2 is 1.88 bits per heavy atom. The average Bonchev–Trinajstić information content (AvgIpc) is 3.30. The fourth-order valence-corrected chi connectivity index (χ4v) is 3.41. The summed E-state index contributed by atoms with van der Waals surface area (Å²) in [6.07, 6.45) is 6.20. The number of amides is 1. The Balaban J connectivity index is 1.38. The molecule has 0 saturated carbocycles. The lowest BCUT2D eigenvalue weighted by Crippen LogP contribution is -2.40. The first-order valence-electron chi connectivity index (χ1n) is 8.57. The Morgan fingerprint density at radius 1 is 1.12 bits per heavy atom. The fourth-order valence-electron chi connectivity index (χ4n) is 3.41. The molecule has 3 heterocycles. The minimum Gasteiger partial charge on any atom is -0.478 e. The molecule has 0 unspecified atom stereocenters. The van der Waals surface area contributed by atoms with Crippen LogP contribution < -0.4 is 0 Å². The van der Waals surface area contributed by atoms with Gasteiger partial charge in [-0.05, 0) is 18.9 Å². The number of carbonyl (C=O) groups excluding carboxylic acids is 1. The summed E-state index contributed by atoms with van der Waals surface area (Å²) in [6, 6.07) is 7.94. The van der Waals surface area contributed by atoms with Crippen LogP contribution in [0.3, 0.4) is 0 Å². The number of piperidine rings is 1. The van der Waals surface area contributed by atoms with E-state index < -0.39 is 5.97 Å². The number of aromatic carboxylic acids is 1. The van der Waals surface area contributed by atoms with E-state index in [1.165, 1.54) is 6.20 Å². The quantitative estimate of drug-likeness (QED) is 0.772. The molecule has 0 bridgehead atoms. The maximum Gasteiger partial charge on any atom is 0.338 e. The van der Waals surface area contributed by atoms with E-state index >= 15 is 0 Å². The highest BCUT2D eigenvalue weighted by molar-refractivity contribution is 5.86. The molecule has 0 radical (unpaired) electrons. The molecule has 0 aliphatic carbocycles. The molecule has 0 atom stereocenters. The van der Waals surface area contributed by atoms with Crippen molar-refractivity contribution >= 4 is 22.8 Å². The van der Waals surface area contributed by atoms with E-state index in [1.807, 2.05) is 29.2 Å². The lowest BCUT2D eigenvalue weighted by molar-refractivity contribution is -0.133. The fraction of sp³-hybridized carbons (Fsp3) is 0.333. The van der Waals surface area contributed by atoms with Crippen molar-refractivity contribution in [2.75, 3.05) is 13.1 Å². The predicted octanol–water partition coefficient (Wildman–Crippen LogP) is 1.79. The van der Waals surface area contributed by atoms with Gasteiger partial charge in [-0.1, -0.05) is 18.2 Å². The van der Waals surface area contributed by atoms with Crippen LogP contribution in [0.2, 0.25) is 0 Å². The minimum atomic E-state index is -0.977. The number of nitrogens with zero attached hydrogens (tertiary/aromatic N) is 5. The van der Waals surface area contributed by atoms with Crippen LogP contribution in [0.1, 0.15) is 29.2 Å². The third kappa shape index (κ3) is 3.05. The van der Waals surface area contributed by atoms with Gasteiger partial charge in [0.1, 0.15) is 6.54 Å². The highest BCUT2D eigenvalue weighted by Gasteiger charge is 2.25. The van der Waals surface area contributed by atoms with Crippen molar-refractivity contribution in [2.45, 2.75) is 25.4 Å². The standard InChI is InChI=1S/C18H19N5O3/c24-17(12-23-16-4-2-1-3-13(16)9-20-23)21-7-5-15(6-8-21)22-11-14(10-19-22)18(25)26/h1-4,9-11,15H,5-8,12H2,(H,25,26). The van der Waals surface area contributed by atoms with E-state index in [4.69, 9.17) is 5.11 Å². The number of benzene rings is 1. The lowest BCUT2D eigenvalue weighted by atomic mass is 10.1. The molecule has 8 heteroatoms. The third-order valence-electron chi connectivity index (χ3n) is 4.88. The SMILES string of the molecule is O=C(O)c1cnn(C2CCN(C(=O)Cn3ncc4ccccc43)CC2)c1. The number of carboxylic acids is 1. The topological polar surface area (TPSA) is 93.3 Å². The second-order valence-corrected chi connectivity index (χ2v) is 6.49. The number of likely N-dealkylation sites (tertiary alicyclic amines) is 1. The predicted molar refractivity (Wildman–Crippen MR) is 93.8 cm³/mol. The molecular formula is C18H19N5O3. The second kappa shape index (κ2) is 6.62. The molecule has 1 N–H and O–H groups in total. The minimum absolute atomic E-state index is 0.0454. The Labute approximate surface area is 149 Å². The summed E-state index contributed by atoms with van der Waals surface area (Å²) in [5, 5.41) is 18.5. The molecule has 3 aromatic rings. The molecule has 4 rings (SSSR count). The van der Waals surface area contributed by atoms with Gasteiger partial charge in [0.25, 0.3) is 0 Å². The first-order chi connectivity index (χ1) is 12.6. The summed E-state index contributed by atoms with van der Waals surface area (Å²) in [6.45, 7) is 1.49. The van der Waals surface area contributed by atoms with Crippen LogP contribution in [0.25, 0.3) is 10.9 Å². The summed E-state index contributed by atoms with van der Waals surface area (Å²) < 4.78 is 3.43. The average molecular weight is 353 g/mol. The Kier molecular flexibility index (Phi) is 4.16. The molecular weight excluding hydrogens is 334 g/mol. The summed E-state index contributed by atoms with van der Waals surface area (Å²) in [5.74, 6) is -0.931. The van der Waals surface area contributed by atoms with Gasteiger partial charge in [0.05, 0.1) is 29.5 Å². The normalized spacial score (nSPS) is 15.5. The van der Waals surface area contributed by atoms with Crippen LogP contribution >= 0.6 is 0 Å². The van der Waals surface area contributed by atoms with E-state index in [-0.39, 0.29) is 24.1 Å². The first-order valence-corrected chi connectivity index (χ1v) is 8.57. The Morgan fingerprint density at radius 3 is 2.62 bits per heavy atom. The van der Waals surface area contributed by atoms with Crippen LogP contribution in [-0.4, -0.2) is 54.5 Å². The van der Waals surface area contributed by atoms with Crippen molar-refractivity contribution in [3.8, 4) is 0 Å². The number of hydrogen-bond donors (Lipinski definition) is 1. The van der Waals surface area contributed by atoms with Gasteiger partial charge >= 0.3 is 5.97 Å². The van der Waals surface area contributed by atoms with E-state index in [0.717, 1.165) is 23.7 Å². The van der Waals surface area contributed by atoms with Gasteiger partial charge in [-0.3, -0.25) is 14.2 Å². The van der Waals surface area contributed by atoms with Crippen molar-refractivity contribution in [3.63, 3.8) is 0 Å². The molecule has 1 aliphatic rings. The van der Waals surface area contributed by atoms with Gasteiger partial charge in [-0.2, -0.15) is 10.2 Å². The summed E-state index contributed by atoms with van der Waals surface area (Å²) in [4.78, 5) is 25.4. The van der Waals surface area contributed by atoms with Crippen LogP contribution in [0.5, 0.6) is 0 Å². The molecule has 1 aromatic carbocycles. The summed E-state index contributed by atoms with van der Waals surface area (Å²) >= 11 is 0. The zero-order valence-electron chi connectivity index (χ0n) is 14.2. The smallest absolute Gasteiger partial charge is 0.338 e. The molecule has 134 valence electrons. The van der Waals surface area contributed by atoms with Crippen molar-refractivity contribution in [2.24, 2.45) is 0 Å². The summed E-state index contributed by atoms with van der Waals surface area (Å²) in [5.41, 5.74) is 1.14. The molecule has 1 amide bonds. The largest absolute Gasteiger partial charge is 0.478 e. The van der Waals surface area contributed by atoms with E-state index in [9.17, 15) is 9.59 Å². The number of rotatable bonds is 4. The number of carbonyl (C=O) groups is 2. The third-order valence-corrected chi connectivity index (χ3v) is 4.88. The van der Waals surface area contributed by atoms with Crippen molar-refractivity contribution < 1.29 is 14.7 Å². The Bertz CT molecular complexity index is 953. The molecule has 0 spiro atoms. The van der Waals surface area contributed by atoms with Gasteiger partial charge < -0.3 is 10.0 Å². The zero-order valence-corrected chi connectivity index (χ0v) is 14.2. The molecule has 1 fully saturated rings. The number of carboxylic acid groups (broad SMARTS) is 1. The van der Waals surface area contributed by atoms with Gasteiger partial charge in [-0.25, -0.2) is 4.79 Å².